The number of hydrogen-bond donors (Lipinski definition) is 1. The topological polar surface area (TPSA) is 56.7 Å². The Balaban J connectivity index is 2.40. The molecule has 2 aromatic heterocycles. The number of halogens is 3. The van der Waals surface area contributed by atoms with Gasteiger partial charge in [0.1, 0.15) is 11.3 Å². The van der Waals surface area contributed by atoms with Gasteiger partial charge in [-0.15, -0.1) is 0 Å². The van der Waals surface area contributed by atoms with Crippen LogP contribution in [0.2, 0.25) is 10.0 Å². The molecule has 0 spiro atoms. The van der Waals surface area contributed by atoms with Gasteiger partial charge in [-0.2, -0.15) is 0 Å². The monoisotopic (exact) mass is 296 g/mol. The maximum atomic E-state index is 13.2. The van der Waals surface area contributed by atoms with Crippen LogP contribution in [-0.4, -0.2) is 14.5 Å². The Kier molecular flexibility index (Phi) is 2.80. The summed E-state index contributed by atoms with van der Waals surface area (Å²) >= 11 is 12.1. The molecule has 0 unspecified atom stereocenters. The standard InChI is InChI=1S/C12H7Cl2FN4/c13-7-3-6(15)4-8(14)11(7)19-10-1-2-17-5-9(10)18-12(19)16/h1-5H,(H2,16,18). The highest BCUT2D eigenvalue weighted by Gasteiger charge is 2.16. The summed E-state index contributed by atoms with van der Waals surface area (Å²) in [4.78, 5) is 8.12. The summed E-state index contributed by atoms with van der Waals surface area (Å²) in [5.74, 6) is -0.304. The molecule has 3 aromatic rings. The molecular weight excluding hydrogens is 290 g/mol. The molecule has 0 aliphatic carbocycles. The SMILES string of the molecule is Nc1nc2cnccc2n1-c1c(Cl)cc(F)cc1Cl. The first-order chi connectivity index (χ1) is 9.08. The van der Waals surface area contributed by atoms with Gasteiger partial charge in [0, 0.05) is 6.20 Å². The van der Waals surface area contributed by atoms with Crippen molar-refractivity contribution in [2.75, 3.05) is 5.73 Å². The molecule has 19 heavy (non-hydrogen) atoms. The number of nitrogens with two attached hydrogens (primary N) is 1. The van der Waals surface area contributed by atoms with E-state index in [0.29, 0.717) is 16.7 Å². The first kappa shape index (κ1) is 12.2. The van der Waals surface area contributed by atoms with Crippen LogP contribution in [-0.2, 0) is 0 Å². The molecule has 0 saturated carbocycles. The number of benzene rings is 1. The maximum Gasteiger partial charge on any atom is 0.206 e. The number of nitrogens with zero attached hydrogens (tertiary/aromatic N) is 3. The molecule has 0 amide bonds. The van der Waals surface area contributed by atoms with Gasteiger partial charge in [-0.05, 0) is 18.2 Å². The minimum absolute atomic E-state index is 0.160. The number of imidazole rings is 1. The average molecular weight is 297 g/mol. The lowest BCUT2D eigenvalue weighted by Crippen LogP contribution is -2.02. The van der Waals surface area contributed by atoms with E-state index in [0.717, 1.165) is 0 Å². The summed E-state index contributed by atoms with van der Waals surface area (Å²) in [5.41, 5.74) is 7.58. The lowest BCUT2D eigenvalue weighted by atomic mass is 10.3. The zero-order chi connectivity index (χ0) is 13.6. The Labute approximate surface area is 117 Å². The van der Waals surface area contributed by atoms with E-state index in [1.165, 1.54) is 12.1 Å². The van der Waals surface area contributed by atoms with Crippen molar-refractivity contribution in [1.82, 2.24) is 14.5 Å². The summed E-state index contributed by atoms with van der Waals surface area (Å²) in [7, 11) is 0. The van der Waals surface area contributed by atoms with Crippen LogP contribution in [0.1, 0.15) is 0 Å². The molecule has 0 bridgehead atoms. The lowest BCUT2D eigenvalue weighted by Gasteiger charge is -2.11. The molecule has 0 saturated heterocycles. The summed E-state index contributed by atoms with van der Waals surface area (Å²) in [6, 6.07) is 4.08. The van der Waals surface area contributed by atoms with E-state index in [1.54, 1.807) is 23.0 Å². The molecule has 0 radical (unpaired) electrons. The van der Waals surface area contributed by atoms with Crippen LogP contribution in [0.15, 0.2) is 30.6 Å². The fourth-order valence-corrected chi connectivity index (χ4v) is 2.56. The van der Waals surface area contributed by atoms with Crippen molar-refractivity contribution in [2.24, 2.45) is 0 Å². The van der Waals surface area contributed by atoms with E-state index in [1.807, 2.05) is 0 Å². The zero-order valence-electron chi connectivity index (χ0n) is 9.44. The Morgan fingerprint density at radius 1 is 1.21 bits per heavy atom. The quantitative estimate of drug-likeness (QED) is 0.748. The highest BCUT2D eigenvalue weighted by Crippen LogP contribution is 2.33. The largest absolute Gasteiger partial charge is 0.369 e. The van der Waals surface area contributed by atoms with Crippen LogP contribution < -0.4 is 5.73 Å². The summed E-state index contributed by atoms with van der Waals surface area (Å²) in [6.45, 7) is 0. The zero-order valence-corrected chi connectivity index (χ0v) is 11.0. The van der Waals surface area contributed by atoms with Crippen molar-refractivity contribution in [1.29, 1.82) is 0 Å². The van der Waals surface area contributed by atoms with Crippen LogP contribution in [0.5, 0.6) is 0 Å². The van der Waals surface area contributed by atoms with Crippen molar-refractivity contribution in [3.05, 3.63) is 46.5 Å². The fourth-order valence-electron chi connectivity index (χ4n) is 1.93. The third kappa shape index (κ3) is 1.91. The van der Waals surface area contributed by atoms with Crippen LogP contribution >= 0.6 is 23.2 Å². The predicted octanol–water partition coefficient (Wildman–Crippen LogP) is 3.45. The highest BCUT2D eigenvalue weighted by molar-refractivity contribution is 6.38. The Hall–Kier alpha value is -1.85. The number of rotatable bonds is 1. The number of nitrogen functional groups attached to an aromatic ring is 1. The van der Waals surface area contributed by atoms with E-state index in [2.05, 4.69) is 9.97 Å². The number of anilines is 1. The van der Waals surface area contributed by atoms with Gasteiger partial charge in [0.15, 0.2) is 0 Å². The molecule has 3 rings (SSSR count). The minimum atomic E-state index is -0.511. The average Bonchev–Trinajstić information content (AvgIpc) is 2.65. The van der Waals surface area contributed by atoms with Gasteiger partial charge < -0.3 is 5.73 Å². The number of fused-ring (bicyclic) bond motifs is 1. The van der Waals surface area contributed by atoms with E-state index in [9.17, 15) is 4.39 Å². The van der Waals surface area contributed by atoms with Gasteiger partial charge in [-0.25, -0.2) is 9.37 Å². The molecule has 2 heterocycles. The molecule has 0 aliphatic heterocycles. The molecular formula is C12H7Cl2FN4. The van der Waals surface area contributed by atoms with Crippen LogP contribution in [0.25, 0.3) is 16.7 Å². The molecule has 0 atom stereocenters. The summed E-state index contributed by atoms with van der Waals surface area (Å²) < 4.78 is 14.8. The van der Waals surface area contributed by atoms with Gasteiger partial charge >= 0.3 is 0 Å². The Morgan fingerprint density at radius 2 is 1.89 bits per heavy atom. The highest BCUT2D eigenvalue weighted by atomic mass is 35.5. The second kappa shape index (κ2) is 4.36. The fraction of sp³-hybridized carbons (Fsp3) is 0. The van der Waals surface area contributed by atoms with Gasteiger partial charge in [0.25, 0.3) is 0 Å². The Bertz CT molecular complexity index is 761. The third-order valence-corrected chi connectivity index (χ3v) is 3.26. The number of pyridine rings is 1. The summed E-state index contributed by atoms with van der Waals surface area (Å²) in [5, 5.41) is 0.320. The minimum Gasteiger partial charge on any atom is -0.369 e. The normalized spacial score (nSPS) is 11.1. The second-order valence-corrected chi connectivity index (χ2v) is 4.70. The first-order valence-electron chi connectivity index (χ1n) is 5.31. The predicted molar refractivity (Wildman–Crippen MR) is 73.3 cm³/mol. The van der Waals surface area contributed by atoms with Crippen molar-refractivity contribution in [2.45, 2.75) is 0 Å². The third-order valence-electron chi connectivity index (χ3n) is 2.69. The smallest absolute Gasteiger partial charge is 0.206 e. The molecule has 1 aromatic carbocycles. The van der Waals surface area contributed by atoms with Crippen LogP contribution in [0.3, 0.4) is 0 Å². The maximum absolute atomic E-state index is 13.2. The number of aromatic nitrogens is 3. The van der Waals surface area contributed by atoms with E-state index in [4.69, 9.17) is 28.9 Å². The van der Waals surface area contributed by atoms with Crippen molar-refractivity contribution >= 4 is 40.2 Å². The lowest BCUT2D eigenvalue weighted by molar-refractivity contribution is 0.627. The van der Waals surface area contributed by atoms with Crippen molar-refractivity contribution < 1.29 is 4.39 Å². The van der Waals surface area contributed by atoms with Gasteiger partial charge in [0.05, 0.1) is 27.4 Å². The van der Waals surface area contributed by atoms with Crippen molar-refractivity contribution in [3.8, 4) is 5.69 Å². The molecule has 7 heteroatoms. The van der Waals surface area contributed by atoms with Crippen LogP contribution in [0.4, 0.5) is 10.3 Å². The van der Waals surface area contributed by atoms with Gasteiger partial charge in [-0.1, -0.05) is 23.2 Å². The van der Waals surface area contributed by atoms with Crippen LogP contribution in [0, 0.1) is 5.82 Å². The van der Waals surface area contributed by atoms with E-state index >= 15 is 0 Å². The molecule has 0 fully saturated rings. The van der Waals surface area contributed by atoms with Crippen molar-refractivity contribution in [3.63, 3.8) is 0 Å². The van der Waals surface area contributed by atoms with E-state index < -0.39 is 5.82 Å². The summed E-state index contributed by atoms with van der Waals surface area (Å²) in [6.07, 6.45) is 3.18. The molecule has 96 valence electrons. The Morgan fingerprint density at radius 3 is 2.58 bits per heavy atom. The molecule has 4 nitrogen and oxygen atoms in total. The van der Waals surface area contributed by atoms with Gasteiger partial charge in [0.2, 0.25) is 5.95 Å². The van der Waals surface area contributed by atoms with Gasteiger partial charge in [-0.3, -0.25) is 9.55 Å². The molecule has 2 N–H and O–H groups in total. The molecule has 0 aliphatic rings. The second-order valence-electron chi connectivity index (χ2n) is 3.89. The van der Waals surface area contributed by atoms with E-state index in [-0.39, 0.29) is 16.0 Å². The number of hydrogen-bond acceptors (Lipinski definition) is 3. The first-order valence-corrected chi connectivity index (χ1v) is 6.06.